The molecule has 10 nitrogen and oxygen atoms in total. The number of nitrogens with one attached hydrogen (secondary N) is 3. The van der Waals surface area contributed by atoms with E-state index < -0.39 is 41.1 Å². The fourth-order valence-corrected chi connectivity index (χ4v) is 8.71. The third-order valence-corrected chi connectivity index (χ3v) is 11.9. The average molecular weight is 648 g/mol. The summed E-state index contributed by atoms with van der Waals surface area (Å²) in [6.45, 7) is 16.9. The number of ketones is 1. The van der Waals surface area contributed by atoms with Gasteiger partial charge in [0, 0.05) is 16.8 Å². The molecule has 5 atom stereocenters. The van der Waals surface area contributed by atoms with Gasteiger partial charge in [-0.05, 0) is 60.0 Å². The van der Waals surface area contributed by atoms with Gasteiger partial charge in [0.15, 0.2) is 0 Å². The molecular formula is C34H57N5O5S. The number of hydrogen-bond donors (Lipinski definition) is 4. The lowest BCUT2D eigenvalue weighted by molar-refractivity contribution is -0.145. The van der Waals surface area contributed by atoms with E-state index in [2.05, 4.69) is 50.6 Å². The molecule has 4 fully saturated rings. The van der Waals surface area contributed by atoms with E-state index in [1.165, 1.54) is 0 Å². The van der Waals surface area contributed by atoms with E-state index in [-0.39, 0.29) is 45.4 Å². The summed E-state index contributed by atoms with van der Waals surface area (Å²) in [5, 5.41) is 9.16. The van der Waals surface area contributed by atoms with Crippen molar-refractivity contribution in [3.63, 3.8) is 0 Å². The number of Topliss-reactive ketones (excluding diaryl/α,β-unsaturated/α-hetero) is 1. The van der Waals surface area contributed by atoms with Gasteiger partial charge in [0.2, 0.25) is 17.6 Å². The van der Waals surface area contributed by atoms with Gasteiger partial charge in [-0.2, -0.15) is 11.8 Å². The molecule has 1 unspecified atom stereocenters. The van der Waals surface area contributed by atoms with Crippen LogP contribution in [0.3, 0.4) is 0 Å². The summed E-state index contributed by atoms with van der Waals surface area (Å²) in [6, 6.07) is -3.01. The molecular weight excluding hydrogens is 590 g/mol. The van der Waals surface area contributed by atoms with Crippen molar-refractivity contribution < 1.29 is 24.0 Å². The maximum Gasteiger partial charge on any atom is 0.315 e. The normalized spacial score (nSPS) is 26.7. The Kier molecular flexibility index (Phi) is 10.3. The van der Waals surface area contributed by atoms with E-state index >= 15 is 0 Å². The summed E-state index contributed by atoms with van der Waals surface area (Å²) in [5.41, 5.74) is 4.24. The SMILES string of the molecule is CC(C)(C)SCCC1(NC(=O)N[C@H](C(=O)N2C[C@H]3[C@@H]([C@H]2C(=O)NC(CC2CC2)C(=O)C(N)=O)C3(C)C)C(C)(C)C)CCCCC1. The first-order valence-corrected chi connectivity index (χ1v) is 17.9. The predicted octanol–water partition coefficient (Wildman–Crippen LogP) is 4.15. The van der Waals surface area contributed by atoms with Crippen LogP contribution in [-0.4, -0.2) is 75.1 Å². The van der Waals surface area contributed by atoms with Crippen molar-refractivity contribution in [1.29, 1.82) is 0 Å². The summed E-state index contributed by atoms with van der Waals surface area (Å²) in [5.74, 6) is -1.34. The summed E-state index contributed by atoms with van der Waals surface area (Å²) in [4.78, 5) is 67.9. The number of rotatable bonds is 12. The number of primary amides is 1. The number of carbonyl (C=O) groups is 5. The van der Waals surface area contributed by atoms with Crippen LogP contribution < -0.4 is 21.7 Å². The number of hydrogen-bond acceptors (Lipinski definition) is 6. The molecule has 1 saturated heterocycles. The Labute approximate surface area is 273 Å². The van der Waals surface area contributed by atoms with E-state index in [9.17, 15) is 24.0 Å². The number of nitrogens with two attached hydrogens (primary N) is 1. The Hall–Kier alpha value is -2.30. The largest absolute Gasteiger partial charge is 0.363 e. The van der Waals surface area contributed by atoms with Gasteiger partial charge in [0.1, 0.15) is 12.1 Å². The second kappa shape index (κ2) is 13.1. The number of nitrogens with zero attached hydrogens (tertiary/aromatic N) is 1. The quantitative estimate of drug-likeness (QED) is 0.234. The molecule has 4 aliphatic rings. The van der Waals surface area contributed by atoms with Crippen LogP contribution in [0.15, 0.2) is 0 Å². The van der Waals surface area contributed by atoms with Crippen LogP contribution in [0.25, 0.3) is 0 Å². The summed E-state index contributed by atoms with van der Waals surface area (Å²) < 4.78 is 0.140. The Morgan fingerprint density at radius 1 is 0.956 bits per heavy atom. The zero-order valence-corrected chi connectivity index (χ0v) is 29.5. The molecule has 0 aromatic carbocycles. The highest BCUT2D eigenvalue weighted by molar-refractivity contribution is 8.00. The smallest absolute Gasteiger partial charge is 0.315 e. The van der Waals surface area contributed by atoms with Crippen LogP contribution in [0, 0.1) is 28.6 Å². The predicted molar refractivity (Wildman–Crippen MR) is 177 cm³/mol. The number of urea groups is 1. The minimum Gasteiger partial charge on any atom is -0.363 e. The van der Waals surface area contributed by atoms with Crippen LogP contribution >= 0.6 is 11.8 Å². The second-order valence-corrected chi connectivity index (χ2v) is 18.7. The minimum absolute atomic E-state index is 0.0769. The lowest BCUT2D eigenvalue weighted by Crippen LogP contribution is -2.63. The molecule has 3 saturated carbocycles. The van der Waals surface area contributed by atoms with Crippen molar-refractivity contribution in [3.8, 4) is 0 Å². The molecule has 1 heterocycles. The van der Waals surface area contributed by atoms with Crippen molar-refractivity contribution in [2.24, 2.45) is 34.3 Å². The van der Waals surface area contributed by atoms with Crippen molar-refractivity contribution in [2.45, 2.75) is 142 Å². The van der Waals surface area contributed by atoms with Gasteiger partial charge in [0.25, 0.3) is 5.91 Å². The first kappa shape index (κ1) is 35.6. The Bertz CT molecular complexity index is 1160. The van der Waals surface area contributed by atoms with Gasteiger partial charge in [-0.1, -0.05) is 87.5 Å². The molecule has 254 valence electrons. The molecule has 0 aromatic rings. The lowest BCUT2D eigenvalue weighted by Gasteiger charge is -2.41. The molecule has 45 heavy (non-hydrogen) atoms. The third-order valence-electron chi connectivity index (χ3n) is 10.6. The summed E-state index contributed by atoms with van der Waals surface area (Å²) in [7, 11) is 0. The van der Waals surface area contributed by atoms with Gasteiger partial charge >= 0.3 is 6.03 Å². The zero-order valence-electron chi connectivity index (χ0n) is 28.7. The first-order chi connectivity index (χ1) is 20.8. The van der Waals surface area contributed by atoms with Gasteiger partial charge in [0.05, 0.1) is 6.04 Å². The van der Waals surface area contributed by atoms with Crippen molar-refractivity contribution in [2.75, 3.05) is 12.3 Å². The lowest BCUT2D eigenvalue weighted by atomic mass is 9.79. The fourth-order valence-electron chi connectivity index (χ4n) is 7.60. The summed E-state index contributed by atoms with van der Waals surface area (Å²) in [6.07, 6.45) is 8.24. The van der Waals surface area contributed by atoms with E-state index in [4.69, 9.17) is 5.73 Å². The summed E-state index contributed by atoms with van der Waals surface area (Å²) >= 11 is 1.90. The van der Waals surface area contributed by atoms with E-state index in [0.717, 1.165) is 57.1 Å². The number of thioether (sulfide) groups is 1. The zero-order chi connectivity index (χ0) is 33.5. The van der Waals surface area contributed by atoms with Gasteiger partial charge in [-0.25, -0.2) is 4.79 Å². The molecule has 0 aromatic heterocycles. The fraction of sp³-hybridized carbons (Fsp3) is 0.853. The first-order valence-electron chi connectivity index (χ1n) is 16.9. The van der Waals surface area contributed by atoms with Gasteiger partial charge in [-0.15, -0.1) is 0 Å². The van der Waals surface area contributed by atoms with Crippen LogP contribution in [-0.2, 0) is 19.2 Å². The minimum atomic E-state index is -1.07. The van der Waals surface area contributed by atoms with Crippen LogP contribution in [0.2, 0.25) is 0 Å². The molecule has 11 heteroatoms. The number of likely N-dealkylation sites (tertiary alicyclic amines) is 1. The number of fused-ring (bicyclic) bond motifs is 1. The van der Waals surface area contributed by atoms with E-state index in [1.54, 1.807) is 4.90 Å². The average Bonchev–Trinajstić information content (AvgIpc) is 3.77. The molecule has 0 spiro atoms. The van der Waals surface area contributed by atoms with Gasteiger partial charge < -0.3 is 26.6 Å². The molecule has 0 bridgehead atoms. The Balaban J connectivity index is 1.50. The monoisotopic (exact) mass is 647 g/mol. The molecule has 3 aliphatic carbocycles. The Morgan fingerprint density at radius 3 is 2.11 bits per heavy atom. The number of amides is 5. The van der Waals surface area contributed by atoms with Crippen molar-refractivity contribution in [1.82, 2.24) is 20.9 Å². The maximum atomic E-state index is 14.3. The van der Waals surface area contributed by atoms with Crippen molar-refractivity contribution >= 4 is 41.3 Å². The molecule has 4 rings (SSSR count). The topological polar surface area (TPSA) is 151 Å². The maximum absolute atomic E-state index is 14.3. The van der Waals surface area contributed by atoms with Crippen LogP contribution in [0.5, 0.6) is 0 Å². The molecule has 0 radical (unpaired) electrons. The van der Waals surface area contributed by atoms with Gasteiger partial charge in [-0.3, -0.25) is 19.2 Å². The van der Waals surface area contributed by atoms with Crippen molar-refractivity contribution in [3.05, 3.63) is 0 Å². The third kappa shape index (κ3) is 8.55. The molecule has 1 aliphatic heterocycles. The molecule has 5 N–H and O–H groups in total. The van der Waals surface area contributed by atoms with Crippen LogP contribution in [0.4, 0.5) is 4.79 Å². The standard InChI is InChI=1S/C34H57N5O5S/c1-31(2,3)26(37-30(44)38-34(14-10-9-11-15-34)16-17-45-32(4,5)6)29(43)39-19-21-23(33(21,7)8)24(39)28(42)36-22(18-20-12-13-20)25(40)27(35)41/h20-24,26H,9-19H2,1-8H3,(H2,35,41)(H,36,42)(H2,37,38,44)/t21-,22?,23-,24-,26+/m0/s1. The van der Waals surface area contributed by atoms with Crippen LogP contribution in [0.1, 0.15) is 113 Å². The number of carbonyl (C=O) groups excluding carboxylic acids is 5. The highest BCUT2D eigenvalue weighted by atomic mass is 32.2. The second-order valence-electron chi connectivity index (χ2n) is 16.8. The van der Waals surface area contributed by atoms with E-state index in [0.29, 0.717) is 13.0 Å². The highest BCUT2D eigenvalue weighted by Gasteiger charge is 2.70. The number of piperidine rings is 1. The Morgan fingerprint density at radius 2 is 1.58 bits per heavy atom. The molecule has 5 amide bonds. The van der Waals surface area contributed by atoms with E-state index in [1.807, 2.05) is 32.5 Å². The highest BCUT2D eigenvalue weighted by Crippen LogP contribution is 2.65.